The first-order chi connectivity index (χ1) is 9.28. The van der Waals surface area contributed by atoms with Gasteiger partial charge in [0.25, 0.3) is 0 Å². The average molecular weight is 294 g/mol. The molecule has 2 atom stereocenters. The van der Waals surface area contributed by atoms with Crippen LogP contribution in [0, 0.1) is 11.3 Å². The van der Waals surface area contributed by atoms with Crippen LogP contribution in [0.1, 0.15) is 19.3 Å². The Bertz CT molecular complexity index is 407. The Morgan fingerprint density at radius 3 is 2.50 bits per heavy atom. The number of carboxylic acids is 1. The fourth-order valence-electron chi connectivity index (χ4n) is 2.85. The van der Waals surface area contributed by atoms with E-state index in [1.807, 2.05) is 0 Å². The molecule has 1 amide bonds. The van der Waals surface area contributed by atoms with Crippen molar-refractivity contribution < 1.29 is 27.9 Å². The van der Waals surface area contributed by atoms with Crippen LogP contribution in [0.25, 0.3) is 0 Å². The van der Waals surface area contributed by atoms with E-state index in [-0.39, 0.29) is 18.4 Å². The zero-order valence-corrected chi connectivity index (χ0v) is 10.9. The van der Waals surface area contributed by atoms with Gasteiger partial charge in [0.2, 0.25) is 5.91 Å². The van der Waals surface area contributed by atoms with Crippen molar-refractivity contribution >= 4 is 11.9 Å². The molecule has 2 rings (SSSR count). The summed E-state index contributed by atoms with van der Waals surface area (Å²) >= 11 is 0. The zero-order chi connectivity index (χ0) is 15.0. The Kier molecular flexibility index (Phi) is 3.95. The molecule has 2 aliphatic heterocycles. The number of hydrogen-bond donors (Lipinski definition) is 2. The summed E-state index contributed by atoms with van der Waals surface area (Å²) in [7, 11) is 0. The van der Waals surface area contributed by atoms with Crippen molar-refractivity contribution in [3.63, 3.8) is 0 Å². The second-order valence-corrected chi connectivity index (χ2v) is 5.44. The average Bonchev–Trinajstić information content (AvgIpc) is 2.85. The van der Waals surface area contributed by atoms with Crippen LogP contribution in [0.4, 0.5) is 13.2 Å². The molecule has 0 bridgehead atoms. The van der Waals surface area contributed by atoms with Crippen molar-refractivity contribution in [2.75, 3.05) is 26.2 Å². The van der Waals surface area contributed by atoms with Crippen molar-refractivity contribution in [1.29, 1.82) is 0 Å². The van der Waals surface area contributed by atoms with Crippen LogP contribution in [-0.2, 0) is 9.59 Å². The number of nitrogens with one attached hydrogen (secondary N) is 1. The van der Waals surface area contributed by atoms with E-state index in [4.69, 9.17) is 5.11 Å². The summed E-state index contributed by atoms with van der Waals surface area (Å²) in [5.74, 6) is -2.62. The van der Waals surface area contributed by atoms with Crippen molar-refractivity contribution in [2.45, 2.75) is 25.4 Å². The molecule has 0 radical (unpaired) electrons. The Morgan fingerprint density at radius 1 is 1.35 bits per heavy atom. The second-order valence-electron chi connectivity index (χ2n) is 5.44. The molecule has 2 fully saturated rings. The number of halogens is 3. The minimum Gasteiger partial charge on any atom is -0.481 e. The van der Waals surface area contributed by atoms with Gasteiger partial charge in [-0.1, -0.05) is 0 Å². The molecule has 114 valence electrons. The number of likely N-dealkylation sites (tertiary alicyclic amines) is 1. The summed E-state index contributed by atoms with van der Waals surface area (Å²) in [5, 5.41) is 12.0. The van der Waals surface area contributed by atoms with Gasteiger partial charge in [-0.25, -0.2) is 0 Å². The number of amides is 1. The molecule has 0 aromatic heterocycles. The topological polar surface area (TPSA) is 69.6 Å². The second kappa shape index (κ2) is 5.23. The highest BCUT2D eigenvalue weighted by Gasteiger charge is 2.64. The Morgan fingerprint density at radius 2 is 2.05 bits per heavy atom. The Balaban J connectivity index is 2.10. The van der Waals surface area contributed by atoms with E-state index in [0.29, 0.717) is 13.0 Å². The van der Waals surface area contributed by atoms with Crippen LogP contribution in [-0.4, -0.2) is 54.2 Å². The molecular formula is C12H17F3N2O3. The van der Waals surface area contributed by atoms with Gasteiger partial charge in [-0.2, -0.15) is 13.2 Å². The van der Waals surface area contributed by atoms with E-state index in [1.165, 1.54) is 0 Å². The molecule has 0 saturated carbocycles. The van der Waals surface area contributed by atoms with Gasteiger partial charge in [0, 0.05) is 19.6 Å². The lowest BCUT2D eigenvalue weighted by molar-refractivity contribution is -0.227. The number of hydrogen-bond acceptors (Lipinski definition) is 3. The normalized spacial score (nSPS) is 31.4. The molecular weight excluding hydrogens is 277 g/mol. The highest BCUT2D eigenvalue weighted by atomic mass is 19.4. The number of aliphatic carboxylic acids is 1. The monoisotopic (exact) mass is 294 g/mol. The van der Waals surface area contributed by atoms with Crippen molar-refractivity contribution in [3.8, 4) is 0 Å². The van der Waals surface area contributed by atoms with Crippen LogP contribution in [0.2, 0.25) is 0 Å². The number of carbonyl (C=O) groups excluding carboxylic acids is 1. The molecule has 0 aromatic carbocycles. The van der Waals surface area contributed by atoms with Crippen molar-refractivity contribution in [1.82, 2.24) is 10.2 Å². The summed E-state index contributed by atoms with van der Waals surface area (Å²) in [6, 6.07) is 0. The quantitative estimate of drug-likeness (QED) is 0.792. The van der Waals surface area contributed by atoms with Gasteiger partial charge in [-0.05, 0) is 25.8 Å². The van der Waals surface area contributed by atoms with Crippen molar-refractivity contribution in [2.24, 2.45) is 11.3 Å². The Hall–Kier alpha value is -1.31. The molecule has 8 heteroatoms. The molecule has 2 aliphatic rings. The maximum Gasteiger partial charge on any atom is 0.406 e. The van der Waals surface area contributed by atoms with Crippen LogP contribution in [0.15, 0.2) is 0 Å². The maximum absolute atomic E-state index is 13.0. The van der Waals surface area contributed by atoms with Crippen LogP contribution >= 0.6 is 0 Å². The molecule has 20 heavy (non-hydrogen) atoms. The molecule has 0 aliphatic carbocycles. The lowest BCUT2D eigenvalue weighted by Crippen LogP contribution is -2.49. The third-order valence-electron chi connectivity index (χ3n) is 4.18. The van der Waals surface area contributed by atoms with Crippen LogP contribution in [0.3, 0.4) is 0 Å². The molecule has 2 saturated heterocycles. The smallest absolute Gasteiger partial charge is 0.406 e. The fraction of sp³-hybridized carbons (Fsp3) is 0.833. The van der Waals surface area contributed by atoms with Gasteiger partial charge in [0.1, 0.15) is 0 Å². The largest absolute Gasteiger partial charge is 0.481 e. The molecule has 2 N–H and O–H groups in total. The first-order valence-corrected chi connectivity index (χ1v) is 6.57. The fourth-order valence-corrected chi connectivity index (χ4v) is 2.85. The highest BCUT2D eigenvalue weighted by Crippen LogP contribution is 2.46. The summed E-state index contributed by atoms with van der Waals surface area (Å²) < 4.78 is 39.0. The summed E-state index contributed by atoms with van der Waals surface area (Å²) in [5.41, 5.74) is -2.81. The SMILES string of the molecule is O=C([C@@H]1CCCNC1)N1CCC(C(=O)O)(C(F)(F)F)C1. The summed E-state index contributed by atoms with van der Waals surface area (Å²) in [4.78, 5) is 24.3. The molecule has 5 nitrogen and oxygen atoms in total. The number of carbonyl (C=O) groups is 2. The summed E-state index contributed by atoms with van der Waals surface area (Å²) in [6.07, 6.45) is -3.99. The van der Waals surface area contributed by atoms with Crippen molar-refractivity contribution in [3.05, 3.63) is 0 Å². The first-order valence-electron chi connectivity index (χ1n) is 6.57. The lowest BCUT2D eigenvalue weighted by atomic mass is 9.86. The van der Waals surface area contributed by atoms with Gasteiger partial charge in [0.05, 0.1) is 5.92 Å². The summed E-state index contributed by atoms with van der Waals surface area (Å²) in [6.45, 7) is 0.315. The van der Waals surface area contributed by atoms with E-state index in [0.717, 1.165) is 17.9 Å². The van der Waals surface area contributed by atoms with Gasteiger partial charge in [-0.15, -0.1) is 0 Å². The predicted molar refractivity (Wildman–Crippen MR) is 62.9 cm³/mol. The highest BCUT2D eigenvalue weighted by molar-refractivity contribution is 5.83. The molecule has 2 heterocycles. The third-order valence-corrected chi connectivity index (χ3v) is 4.18. The molecule has 0 spiro atoms. The Labute approximate surface area is 114 Å². The number of piperidine rings is 1. The van der Waals surface area contributed by atoms with Gasteiger partial charge in [-0.3, -0.25) is 9.59 Å². The maximum atomic E-state index is 13.0. The third kappa shape index (κ3) is 2.48. The van der Waals surface area contributed by atoms with Gasteiger partial charge >= 0.3 is 12.1 Å². The lowest BCUT2D eigenvalue weighted by Gasteiger charge is -2.29. The van der Waals surface area contributed by atoms with E-state index in [2.05, 4.69) is 5.32 Å². The van der Waals surface area contributed by atoms with Gasteiger partial charge in [0.15, 0.2) is 5.41 Å². The zero-order valence-electron chi connectivity index (χ0n) is 10.9. The molecule has 1 unspecified atom stereocenters. The van der Waals surface area contributed by atoms with Gasteiger partial charge < -0.3 is 15.3 Å². The van der Waals surface area contributed by atoms with Crippen LogP contribution < -0.4 is 5.32 Å². The minimum atomic E-state index is -4.85. The van der Waals surface area contributed by atoms with E-state index < -0.39 is 30.5 Å². The minimum absolute atomic E-state index is 0.152. The van der Waals surface area contributed by atoms with E-state index >= 15 is 0 Å². The standard InChI is InChI=1S/C12H17F3N2O3/c13-12(14,15)11(10(19)20)3-5-17(7-11)9(18)8-2-1-4-16-6-8/h8,16H,1-7H2,(H,19,20)/t8-,11?/m1/s1. The number of nitrogens with zero attached hydrogens (tertiary/aromatic N) is 1. The first kappa shape index (κ1) is 15.1. The van der Waals surface area contributed by atoms with Crippen LogP contribution in [0.5, 0.6) is 0 Å². The van der Waals surface area contributed by atoms with E-state index in [1.54, 1.807) is 0 Å². The molecule has 0 aromatic rings. The number of alkyl halides is 3. The number of carboxylic acid groups (broad SMARTS) is 1. The predicted octanol–water partition coefficient (Wildman–Crippen LogP) is 0.852. The number of rotatable bonds is 2. The van der Waals surface area contributed by atoms with E-state index in [9.17, 15) is 22.8 Å².